The quantitative estimate of drug-likeness (QED) is 0.264. The average Bonchev–Trinajstić information content (AvgIpc) is 2.42. The Hall–Kier alpha value is -1.65. The van der Waals surface area contributed by atoms with Crippen molar-refractivity contribution < 1.29 is 22.0 Å². The maximum absolute atomic E-state index is 11.9. The molecular formula is C11H17N3O5S2. The summed E-state index contributed by atoms with van der Waals surface area (Å²) in [5.41, 5.74) is 5.96. The fourth-order valence-electron chi connectivity index (χ4n) is 1.50. The van der Waals surface area contributed by atoms with Crippen LogP contribution in [0.4, 0.5) is 0 Å². The Kier molecular flexibility index (Phi) is 5.70. The largest absolute Gasteiger partial charge is 0.409 e. The predicted octanol–water partition coefficient (Wildman–Crippen LogP) is -0.562. The SMILES string of the molecule is CS(=O)(=O)CCS(=O)(=O)NC(C(N)=NO)c1ccccc1. The summed E-state index contributed by atoms with van der Waals surface area (Å²) in [5, 5.41) is 11.6. The fourth-order valence-corrected chi connectivity index (χ4v) is 4.32. The van der Waals surface area contributed by atoms with Crippen molar-refractivity contribution in [3.8, 4) is 0 Å². The first kappa shape index (κ1) is 17.4. The van der Waals surface area contributed by atoms with E-state index in [-0.39, 0.29) is 5.84 Å². The minimum absolute atomic E-state index is 0.343. The van der Waals surface area contributed by atoms with Gasteiger partial charge in [0.25, 0.3) is 0 Å². The van der Waals surface area contributed by atoms with Crippen molar-refractivity contribution in [1.29, 1.82) is 0 Å². The summed E-state index contributed by atoms with van der Waals surface area (Å²) in [4.78, 5) is 0. The van der Waals surface area contributed by atoms with Gasteiger partial charge in [0.1, 0.15) is 15.9 Å². The van der Waals surface area contributed by atoms with Gasteiger partial charge in [-0.15, -0.1) is 0 Å². The van der Waals surface area contributed by atoms with E-state index >= 15 is 0 Å². The van der Waals surface area contributed by atoms with Crippen LogP contribution in [-0.2, 0) is 19.9 Å². The van der Waals surface area contributed by atoms with Gasteiger partial charge in [0, 0.05) is 6.26 Å². The number of nitrogens with two attached hydrogens (primary N) is 1. The minimum Gasteiger partial charge on any atom is -0.409 e. The third-order valence-electron chi connectivity index (χ3n) is 2.56. The zero-order valence-corrected chi connectivity index (χ0v) is 12.9. The summed E-state index contributed by atoms with van der Waals surface area (Å²) in [7, 11) is -7.33. The van der Waals surface area contributed by atoms with Crippen LogP contribution < -0.4 is 10.5 Å². The van der Waals surface area contributed by atoms with Crippen molar-refractivity contribution in [2.75, 3.05) is 17.8 Å². The second-order valence-electron chi connectivity index (χ2n) is 4.44. The molecule has 0 bridgehead atoms. The van der Waals surface area contributed by atoms with E-state index in [0.717, 1.165) is 6.26 Å². The fraction of sp³-hybridized carbons (Fsp3) is 0.364. The lowest BCUT2D eigenvalue weighted by atomic mass is 10.1. The van der Waals surface area contributed by atoms with Gasteiger partial charge in [-0.05, 0) is 5.56 Å². The first-order valence-corrected chi connectivity index (χ1v) is 9.56. The third-order valence-corrected chi connectivity index (χ3v) is 5.10. The Labute approximate surface area is 123 Å². The molecule has 1 unspecified atom stereocenters. The molecule has 0 aliphatic carbocycles. The number of hydrogen-bond donors (Lipinski definition) is 3. The molecule has 0 amide bonds. The van der Waals surface area contributed by atoms with Crippen LogP contribution in [-0.4, -0.2) is 45.6 Å². The average molecular weight is 335 g/mol. The van der Waals surface area contributed by atoms with Crippen LogP contribution in [0.1, 0.15) is 11.6 Å². The molecule has 1 rings (SSSR count). The van der Waals surface area contributed by atoms with Gasteiger partial charge in [-0.25, -0.2) is 16.8 Å². The molecule has 0 spiro atoms. The first-order valence-electron chi connectivity index (χ1n) is 5.85. The predicted molar refractivity (Wildman–Crippen MR) is 79.2 cm³/mol. The van der Waals surface area contributed by atoms with Gasteiger partial charge in [-0.2, -0.15) is 4.72 Å². The molecule has 0 saturated heterocycles. The van der Waals surface area contributed by atoms with E-state index in [2.05, 4.69) is 9.88 Å². The van der Waals surface area contributed by atoms with Crippen LogP contribution in [0.2, 0.25) is 0 Å². The van der Waals surface area contributed by atoms with E-state index in [1.54, 1.807) is 30.3 Å². The third kappa shape index (κ3) is 6.10. The number of nitrogens with zero attached hydrogens (tertiary/aromatic N) is 1. The molecule has 4 N–H and O–H groups in total. The van der Waals surface area contributed by atoms with Gasteiger partial charge in [0.05, 0.1) is 11.5 Å². The Morgan fingerprint density at radius 3 is 2.29 bits per heavy atom. The molecule has 0 aromatic heterocycles. The smallest absolute Gasteiger partial charge is 0.213 e. The van der Waals surface area contributed by atoms with Crippen LogP contribution in [0.5, 0.6) is 0 Å². The highest BCUT2D eigenvalue weighted by molar-refractivity contribution is 7.93. The monoisotopic (exact) mass is 335 g/mol. The highest BCUT2D eigenvalue weighted by Crippen LogP contribution is 2.14. The van der Waals surface area contributed by atoms with Crippen LogP contribution in [0.25, 0.3) is 0 Å². The number of amidine groups is 1. The molecule has 21 heavy (non-hydrogen) atoms. The normalized spacial score (nSPS) is 14.8. The molecule has 118 valence electrons. The van der Waals surface area contributed by atoms with Crippen molar-refractivity contribution in [2.24, 2.45) is 10.9 Å². The molecule has 0 fully saturated rings. The Morgan fingerprint density at radius 1 is 1.24 bits per heavy atom. The number of oxime groups is 1. The van der Waals surface area contributed by atoms with Gasteiger partial charge in [-0.3, -0.25) is 0 Å². The van der Waals surface area contributed by atoms with Crippen LogP contribution in [0, 0.1) is 0 Å². The standard InChI is InChI=1S/C11H17N3O5S2/c1-20(16,17)7-8-21(18,19)14-10(11(12)13-15)9-5-3-2-4-6-9/h2-6,10,14-15H,7-8H2,1H3,(H2,12,13). The number of hydrogen-bond acceptors (Lipinski definition) is 6. The van der Waals surface area contributed by atoms with Crippen LogP contribution in [0.3, 0.4) is 0 Å². The molecule has 0 aliphatic rings. The lowest BCUT2D eigenvalue weighted by molar-refractivity contribution is 0.315. The zero-order valence-electron chi connectivity index (χ0n) is 11.3. The van der Waals surface area contributed by atoms with Gasteiger partial charge >= 0.3 is 0 Å². The molecule has 0 saturated carbocycles. The lowest BCUT2D eigenvalue weighted by Gasteiger charge is -2.17. The summed E-state index contributed by atoms with van der Waals surface area (Å²) < 4.78 is 48.1. The molecule has 1 atom stereocenters. The summed E-state index contributed by atoms with van der Waals surface area (Å²) >= 11 is 0. The Morgan fingerprint density at radius 2 is 1.81 bits per heavy atom. The Balaban J connectivity index is 2.97. The van der Waals surface area contributed by atoms with Crippen LogP contribution >= 0.6 is 0 Å². The Bertz CT molecular complexity index is 699. The molecular weight excluding hydrogens is 318 g/mol. The van der Waals surface area contributed by atoms with E-state index < -0.39 is 37.4 Å². The van der Waals surface area contributed by atoms with Crippen LogP contribution in [0.15, 0.2) is 35.5 Å². The molecule has 8 nitrogen and oxygen atoms in total. The van der Waals surface area contributed by atoms with Gasteiger partial charge in [0.2, 0.25) is 10.0 Å². The van der Waals surface area contributed by atoms with Gasteiger partial charge < -0.3 is 10.9 Å². The summed E-state index contributed by atoms with van der Waals surface area (Å²) in [5.74, 6) is -1.46. The second-order valence-corrected chi connectivity index (χ2v) is 8.57. The number of nitrogens with one attached hydrogen (secondary N) is 1. The number of rotatable bonds is 7. The molecule has 10 heteroatoms. The first-order chi connectivity index (χ1) is 9.64. The van der Waals surface area contributed by atoms with E-state index in [1.165, 1.54) is 0 Å². The highest BCUT2D eigenvalue weighted by atomic mass is 32.2. The van der Waals surface area contributed by atoms with Crippen molar-refractivity contribution in [3.05, 3.63) is 35.9 Å². The van der Waals surface area contributed by atoms with Gasteiger partial charge in [0.15, 0.2) is 5.84 Å². The van der Waals surface area contributed by atoms with E-state index in [9.17, 15) is 16.8 Å². The summed E-state index contributed by atoms with van der Waals surface area (Å²) in [6.45, 7) is 0. The topological polar surface area (TPSA) is 139 Å². The minimum atomic E-state index is -3.92. The van der Waals surface area contributed by atoms with E-state index in [0.29, 0.717) is 5.56 Å². The van der Waals surface area contributed by atoms with Crippen molar-refractivity contribution in [1.82, 2.24) is 4.72 Å². The molecule has 0 radical (unpaired) electrons. The van der Waals surface area contributed by atoms with Crippen molar-refractivity contribution in [2.45, 2.75) is 6.04 Å². The van der Waals surface area contributed by atoms with Crippen molar-refractivity contribution in [3.63, 3.8) is 0 Å². The van der Waals surface area contributed by atoms with E-state index in [4.69, 9.17) is 10.9 Å². The van der Waals surface area contributed by atoms with Crippen molar-refractivity contribution >= 4 is 25.7 Å². The maximum Gasteiger partial charge on any atom is 0.213 e. The van der Waals surface area contributed by atoms with Gasteiger partial charge in [-0.1, -0.05) is 35.5 Å². The molecule has 0 aliphatic heterocycles. The zero-order chi connectivity index (χ0) is 16.1. The summed E-state index contributed by atoms with van der Waals surface area (Å²) in [6, 6.07) is 7.19. The second kappa shape index (κ2) is 6.87. The number of sulfone groups is 1. The molecule has 0 heterocycles. The highest BCUT2D eigenvalue weighted by Gasteiger charge is 2.24. The molecule has 1 aromatic carbocycles. The number of benzene rings is 1. The molecule has 1 aromatic rings. The lowest BCUT2D eigenvalue weighted by Crippen LogP contribution is -2.39. The maximum atomic E-state index is 11.9. The van der Waals surface area contributed by atoms with E-state index in [1.807, 2.05) is 0 Å². The number of sulfonamides is 1. The summed E-state index contributed by atoms with van der Waals surface area (Å²) in [6.07, 6.45) is 0.945.